The van der Waals surface area contributed by atoms with E-state index >= 15 is 0 Å². The van der Waals surface area contributed by atoms with Crippen molar-refractivity contribution in [1.29, 1.82) is 0 Å². The lowest BCUT2D eigenvalue weighted by Gasteiger charge is -2.25. The third-order valence-corrected chi connectivity index (χ3v) is 4.02. The molecule has 1 aromatic carbocycles. The van der Waals surface area contributed by atoms with Crippen LogP contribution >= 0.6 is 0 Å². The fourth-order valence-corrected chi connectivity index (χ4v) is 2.69. The second kappa shape index (κ2) is 6.98. The number of carbonyl (C=O) groups is 2. The first kappa shape index (κ1) is 19.2. The third-order valence-electron chi connectivity index (χ3n) is 4.02. The summed E-state index contributed by atoms with van der Waals surface area (Å²) in [5.41, 5.74) is 0.967. The molecular formula is C20H28N2O3. The molecule has 0 spiro atoms. The summed E-state index contributed by atoms with van der Waals surface area (Å²) < 4.78 is 5.36. The summed E-state index contributed by atoms with van der Waals surface area (Å²) in [5.74, 6) is -0.332. The first-order chi connectivity index (χ1) is 11.5. The molecule has 5 heteroatoms. The second-order valence-corrected chi connectivity index (χ2v) is 8.50. The molecule has 1 aliphatic heterocycles. The van der Waals surface area contributed by atoms with Gasteiger partial charge < -0.3 is 4.74 Å². The lowest BCUT2D eigenvalue weighted by Crippen LogP contribution is -2.38. The number of hydrazone groups is 1. The molecule has 0 unspecified atom stereocenters. The molecule has 0 saturated heterocycles. The van der Waals surface area contributed by atoms with Crippen molar-refractivity contribution < 1.29 is 14.3 Å². The number of ether oxygens (including phenoxy) is 1. The molecule has 0 bridgehead atoms. The van der Waals surface area contributed by atoms with Gasteiger partial charge >= 0.3 is 6.09 Å². The molecule has 25 heavy (non-hydrogen) atoms. The van der Waals surface area contributed by atoms with Crippen LogP contribution in [-0.2, 0) is 9.53 Å². The zero-order valence-electron chi connectivity index (χ0n) is 16.0. The number of carbonyl (C=O) groups excluding carboxylic acids is 2. The summed E-state index contributed by atoms with van der Waals surface area (Å²) in [5, 5.41) is 5.33. The smallest absolute Gasteiger partial charge is 0.438 e. The molecule has 0 radical (unpaired) electrons. The van der Waals surface area contributed by atoms with Crippen LogP contribution in [0, 0.1) is 5.41 Å². The average Bonchev–Trinajstić information content (AvgIpc) is 2.65. The van der Waals surface area contributed by atoms with Crippen molar-refractivity contribution in [2.75, 3.05) is 0 Å². The number of imide groups is 1. The molecule has 0 N–H and O–H groups in total. The highest BCUT2D eigenvalue weighted by molar-refractivity contribution is 5.98. The molecule has 2 amide bonds. The summed E-state index contributed by atoms with van der Waals surface area (Å²) in [7, 11) is 0. The van der Waals surface area contributed by atoms with Gasteiger partial charge in [-0.05, 0) is 38.7 Å². The predicted octanol–water partition coefficient (Wildman–Crippen LogP) is 4.73. The first-order valence-electron chi connectivity index (χ1n) is 8.66. The van der Waals surface area contributed by atoms with E-state index in [1.807, 2.05) is 51.1 Å². The van der Waals surface area contributed by atoms with E-state index in [2.05, 4.69) is 5.10 Å². The van der Waals surface area contributed by atoms with Crippen LogP contribution < -0.4 is 0 Å². The van der Waals surface area contributed by atoms with Crippen LogP contribution in [0.15, 0.2) is 35.4 Å². The fourth-order valence-electron chi connectivity index (χ4n) is 2.69. The van der Waals surface area contributed by atoms with Crippen LogP contribution in [0.4, 0.5) is 4.79 Å². The third kappa shape index (κ3) is 5.15. The van der Waals surface area contributed by atoms with Gasteiger partial charge in [-0.25, -0.2) is 4.79 Å². The molecule has 1 heterocycles. The normalized spacial score (nSPS) is 19.3. The van der Waals surface area contributed by atoms with E-state index in [0.717, 1.165) is 16.3 Å². The second-order valence-electron chi connectivity index (χ2n) is 8.50. The van der Waals surface area contributed by atoms with Crippen LogP contribution in [0.25, 0.3) is 0 Å². The van der Waals surface area contributed by atoms with Crippen molar-refractivity contribution in [2.24, 2.45) is 10.5 Å². The maximum Gasteiger partial charge on any atom is 0.438 e. The number of amides is 2. The summed E-state index contributed by atoms with van der Waals surface area (Å²) >= 11 is 0. The molecule has 1 atom stereocenters. The van der Waals surface area contributed by atoms with Crippen molar-refractivity contribution in [2.45, 2.75) is 65.9 Å². The van der Waals surface area contributed by atoms with E-state index in [9.17, 15) is 9.59 Å². The highest BCUT2D eigenvalue weighted by Crippen LogP contribution is 2.33. The number of hydrogen-bond acceptors (Lipinski definition) is 4. The van der Waals surface area contributed by atoms with E-state index in [4.69, 9.17) is 4.74 Å². The van der Waals surface area contributed by atoms with Gasteiger partial charge in [0.05, 0.1) is 0 Å². The molecule has 0 aromatic heterocycles. The van der Waals surface area contributed by atoms with Crippen LogP contribution in [0.3, 0.4) is 0 Å². The molecule has 0 fully saturated rings. The maximum atomic E-state index is 12.7. The van der Waals surface area contributed by atoms with Crippen molar-refractivity contribution in [1.82, 2.24) is 5.01 Å². The molecule has 0 saturated carbocycles. The Hall–Kier alpha value is -2.17. The van der Waals surface area contributed by atoms with Gasteiger partial charge in [0.15, 0.2) is 0 Å². The largest absolute Gasteiger partial charge is 0.442 e. The van der Waals surface area contributed by atoms with E-state index < -0.39 is 11.7 Å². The molecule has 0 aliphatic carbocycles. The molecule has 5 nitrogen and oxygen atoms in total. The standard InChI is InChI=1S/C20H28N2O3/c1-19(2,3)16-12-15(14-10-8-7-9-11-14)13-17(23)22(21-16)18(24)25-20(4,5)6/h7-11,15H,12-13H2,1-6H3/t15-/m0/s1. The summed E-state index contributed by atoms with van der Waals surface area (Å²) in [6, 6.07) is 9.91. The number of rotatable bonds is 1. The number of nitrogens with zero attached hydrogens (tertiary/aromatic N) is 2. The Bertz CT molecular complexity index is 666. The van der Waals surface area contributed by atoms with Gasteiger partial charge in [-0.1, -0.05) is 51.1 Å². The Kier molecular flexibility index (Phi) is 5.35. The molecule has 2 rings (SSSR count). The molecule has 1 aromatic rings. The predicted molar refractivity (Wildman–Crippen MR) is 98.4 cm³/mol. The van der Waals surface area contributed by atoms with Gasteiger partial charge in [0, 0.05) is 17.5 Å². The van der Waals surface area contributed by atoms with Crippen molar-refractivity contribution in [3.63, 3.8) is 0 Å². The van der Waals surface area contributed by atoms with Gasteiger partial charge in [0.2, 0.25) is 0 Å². The van der Waals surface area contributed by atoms with Gasteiger partial charge in [0.25, 0.3) is 5.91 Å². The van der Waals surface area contributed by atoms with E-state index in [1.54, 1.807) is 20.8 Å². The fraction of sp³-hybridized carbons (Fsp3) is 0.550. The van der Waals surface area contributed by atoms with Gasteiger partial charge in [-0.3, -0.25) is 4.79 Å². The Morgan fingerprint density at radius 2 is 1.68 bits per heavy atom. The minimum atomic E-state index is -0.715. The van der Waals surface area contributed by atoms with Gasteiger partial charge in [0.1, 0.15) is 5.60 Å². The minimum Gasteiger partial charge on any atom is -0.442 e. The molecular weight excluding hydrogens is 316 g/mol. The lowest BCUT2D eigenvalue weighted by atomic mass is 9.81. The maximum absolute atomic E-state index is 12.7. The van der Waals surface area contributed by atoms with Crippen LogP contribution in [0.5, 0.6) is 0 Å². The first-order valence-corrected chi connectivity index (χ1v) is 8.66. The Balaban J connectivity index is 2.37. The van der Waals surface area contributed by atoms with Crippen molar-refractivity contribution in [3.8, 4) is 0 Å². The molecule has 136 valence electrons. The zero-order chi connectivity index (χ0) is 18.8. The highest BCUT2D eigenvalue weighted by atomic mass is 16.6. The monoisotopic (exact) mass is 344 g/mol. The average molecular weight is 344 g/mol. The molecule has 1 aliphatic rings. The van der Waals surface area contributed by atoms with E-state index in [0.29, 0.717) is 6.42 Å². The SMILES string of the molecule is CC(C)(C)OC(=O)N1N=C(C(C)(C)C)C[C@H](c2ccccc2)CC1=O. The Labute approximate surface area is 150 Å². The van der Waals surface area contributed by atoms with Gasteiger partial charge in [-0.2, -0.15) is 5.10 Å². The van der Waals surface area contributed by atoms with Crippen molar-refractivity contribution >= 4 is 17.7 Å². The Morgan fingerprint density at radius 1 is 1.08 bits per heavy atom. The van der Waals surface area contributed by atoms with Crippen LogP contribution in [0.1, 0.15) is 65.9 Å². The van der Waals surface area contributed by atoms with Gasteiger partial charge in [-0.15, -0.1) is 5.01 Å². The summed E-state index contributed by atoms with van der Waals surface area (Å²) in [6.45, 7) is 11.4. The van der Waals surface area contributed by atoms with Crippen LogP contribution in [-0.4, -0.2) is 28.3 Å². The Morgan fingerprint density at radius 3 is 2.20 bits per heavy atom. The van der Waals surface area contributed by atoms with Crippen LogP contribution in [0.2, 0.25) is 0 Å². The number of benzene rings is 1. The van der Waals surface area contributed by atoms with E-state index in [1.165, 1.54) is 0 Å². The topological polar surface area (TPSA) is 59.0 Å². The van der Waals surface area contributed by atoms with Crippen molar-refractivity contribution in [3.05, 3.63) is 35.9 Å². The zero-order valence-corrected chi connectivity index (χ0v) is 16.0. The quantitative estimate of drug-likeness (QED) is 0.740. The summed E-state index contributed by atoms with van der Waals surface area (Å²) in [6.07, 6.45) is 0.151. The van der Waals surface area contributed by atoms with E-state index in [-0.39, 0.29) is 23.7 Å². The summed E-state index contributed by atoms with van der Waals surface area (Å²) in [4.78, 5) is 25.2. The highest BCUT2D eigenvalue weighted by Gasteiger charge is 2.35. The number of hydrogen-bond donors (Lipinski definition) is 0. The minimum absolute atomic E-state index is 0.000822. The lowest BCUT2D eigenvalue weighted by molar-refractivity contribution is -0.130.